The molecular weight excluding hydrogens is 206 g/mol. The van der Waals surface area contributed by atoms with Gasteiger partial charge < -0.3 is 4.90 Å². The Morgan fingerprint density at radius 1 is 1.53 bits per heavy atom. The van der Waals surface area contributed by atoms with E-state index in [1.54, 1.807) is 0 Å². The number of unbranched alkanes of at least 4 members (excludes halogenated alkanes) is 2. The lowest BCUT2D eigenvalue weighted by molar-refractivity contribution is -0.129. The second kappa shape index (κ2) is 6.41. The number of hydrogen-bond acceptors (Lipinski definition) is 2. The third-order valence-corrected chi connectivity index (χ3v) is 3.77. The molecule has 3 heteroatoms. The zero-order chi connectivity index (χ0) is 11.3. The van der Waals surface area contributed by atoms with E-state index in [9.17, 15) is 4.79 Å². The van der Waals surface area contributed by atoms with Gasteiger partial charge in [-0.05, 0) is 25.0 Å². The molecule has 0 saturated carbocycles. The molecule has 2 atom stereocenters. The predicted molar refractivity (Wildman–Crippen MR) is 67.3 cm³/mol. The highest BCUT2D eigenvalue weighted by Crippen LogP contribution is 2.23. The Morgan fingerprint density at radius 2 is 2.27 bits per heavy atom. The van der Waals surface area contributed by atoms with Crippen LogP contribution in [0.25, 0.3) is 0 Å². The minimum absolute atomic E-state index is 0.332. The number of likely N-dealkylation sites (tertiary alicyclic amines) is 1. The molecular formula is C12H23NOS. The normalized spacial score (nSPS) is 23.5. The van der Waals surface area contributed by atoms with Gasteiger partial charge in [0.1, 0.15) is 0 Å². The van der Waals surface area contributed by atoms with Gasteiger partial charge >= 0.3 is 0 Å². The van der Waals surface area contributed by atoms with Gasteiger partial charge in [0, 0.05) is 19.0 Å². The molecule has 1 aliphatic rings. The van der Waals surface area contributed by atoms with Gasteiger partial charge in [-0.3, -0.25) is 4.79 Å². The van der Waals surface area contributed by atoms with Gasteiger partial charge in [-0.2, -0.15) is 12.6 Å². The number of nitrogens with zero attached hydrogens (tertiary/aromatic N) is 1. The molecule has 2 nitrogen and oxygen atoms in total. The van der Waals surface area contributed by atoms with Crippen molar-refractivity contribution in [3.63, 3.8) is 0 Å². The van der Waals surface area contributed by atoms with Crippen LogP contribution in [-0.2, 0) is 4.79 Å². The van der Waals surface area contributed by atoms with Crippen molar-refractivity contribution in [3.8, 4) is 0 Å². The van der Waals surface area contributed by atoms with Gasteiger partial charge in [-0.1, -0.05) is 26.2 Å². The second-order valence-corrected chi connectivity index (χ2v) is 5.01. The summed E-state index contributed by atoms with van der Waals surface area (Å²) >= 11 is 4.27. The fourth-order valence-corrected chi connectivity index (χ4v) is 2.45. The number of hydrogen-bond donors (Lipinski definition) is 1. The quantitative estimate of drug-likeness (QED) is 0.548. The zero-order valence-corrected chi connectivity index (χ0v) is 10.8. The van der Waals surface area contributed by atoms with Crippen LogP contribution in [0.3, 0.4) is 0 Å². The molecule has 0 aliphatic carbocycles. The van der Waals surface area contributed by atoms with Crippen LogP contribution in [0.5, 0.6) is 0 Å². The molecule has 0 aromatic rings. The lowest BCUT2D eigenvalue weighted by Crippen LogP contribution is -2.34. The van der Waals surface area contributed by atoms with Crippen molar-refractivity contribution in [2.45, 2.75) is 52.0 Å². The molecule has 1 amide bonds. The smallest absolute Gasteiger partial charge is 0.223 e. The maximum atomic E-state index is 11.7. The molecule has 0 aromatic heterocycles. The summed E-state index contributed by atoms with van der Waals surface area (Å²) < 4.78 is 0. The molecule has 1 saturated heterocycles. The maximum absolute atomic E-state index is 11.7. The molecule has 1 aliphatic heterocycles. The number of rotatable bonds is 6. The molecule has 0 aromatic carbocycles. The highest BCUT2D eigenvalue weighted by molar-refractivity contribution is 7.80. The van der Waals surface area contributed by atoms with Crippen molar-refractivity contribution < 1.29 is 4.79 Å². The first kappa shape index (κ1) is 12.9. The van der Waals surface area contributed by atoms with Crippen LogP contribution in [0, 0.1) is 5.92 Å². The van der Waals surface area contributed by atoms with Crippen molar-refractivity contribution in [2.75, 3.05) is 12.3 Å². The summed E-state index contributed by atoms with van der Waals surface area (Å²) in [6.07, 6.45) is 5.63. The van der Waals surface area contributed by atoms with Gasteiger partial charge in [-0.15, -0.1) is 0 Å². The van der Waals surface area contributed by atoms with Gasteiger partial charge in [0.25, 0.3) is 0 Å². The van der Waals surface area contributed by atoms with Crippen molar-refractivity contribution in [1.29, 1.82) is 0 Å². The standard InChI is InChI=1S/C12H23NOS/c1-3-4-5-6-10(2)13-8-11(9-15)7-12(13)14/h10-11,15H,3-9H2,1-2H3. The summed E-state index contributed by atoms with van der Waals surface area (Å²) in [5, 5.41) is 0. The van der Waals surface area contributed by atoms with Crippen molar-refractivity contribution in [1.82, 2.24) is 4.90 Å². The first-order chi connectivity index (χ1) is 7.19. The summed E-state index contributed by atoms with van der Waals surface area (Å²) in [4.78, 5) is 13.8. The topological polar surface area (TPSA) is 20.3 Å². The number of amides is 1. The third-order valence-electron chi connectivity index (χ3n) is 3.25. The average molecular weight is 229 g/mol. The van der Waals surface area contributed by atoms with Gasteiger partial charge in [0.05, 0.1) is 0 Å². The van der Waals surface area contributed by atoms with Crippen molar-refractivity contribution in [2.24, 2.45) is 5.92 Å². The van der Waals surface area contributed by atoms with Crippen LogP contribution in [0.1, 0.15) is 46.0 Å². The summed E-state index contributed by atoms with van der Waals surface area (Å²) in [7, 11) is 0. The van der Waals surface area contributed by atoms with Crippen molar-refractivity contribution >= 4 is 18.5 Å². The fraction of sp³-hybridized carbons (Fsp3) is 0.917. The van der Waals surface area contributed by atoms with E-state index < -0.39 is 0 Å². The van der Waals surface area contributed by atoms with Gasteiger partial charge in [0.2, 0.25) is 5.91 Å². The van der Waals surface area contributed by atoms with Crippen molar-refractivity contribution in [3.05, 3.63) is 0 Å². The van der Waals surface area contributed by atoms with E-state index in [2.05, 4.69) is 31.4 Å². The maximum Gasteiger partial charge on any atom is 0.223 e. The molecule has 1 heterocycles. The fourth-order valence-electron chi connectivity index (χ4n) is 2.20. The zero-order valence-electron chi connectivity index (χ0n) is 9.91. The molecule has 15 heavy (non-hydrogen) atoms. The molecule has 0 bridgehead atoms. The highest BCUT2D eigenvalue weighted by Gasteiger charge is 2.31. The third kappa shape index (κ3) is 3.71. The Kier molecular flexibility index (Phi) is 5.51. The summed E-state index contributed by atoms with van der Waals surface area (Å²) in [6.45, 7) is 5.31. The molecule has 1 rings (SSSR count). The minimum Gasteiger partial charge on any atom is -0.340 e. The Morgan fingerprint density at radius 3 is 2.80 bits per heavy atom. The molecule has 88 valence electrons. The van der Waals surface area contributed by atoms with Crippen LogP contribution >= 0.6 is 12.6 Å². The second-order valence-electron chi connectivity index (χ2n) is 4.64. The van der Waals surface area contributed by atoms with E-state index in [0.29, 0.717) is 24.3 Å². The van der Waals surface area contributed by atoms with Crippen LogP contribution in [0.2, 0.25) is 0 Å². The molecule has 1 fully saturated rings. The first-order valence-electron chi connectivity index (χ1n) is 6.09. The molecule has 0 spiro atoms. The molecule has 2 unspecified atom stereocenters. The average Bonchev–Trinajstić information content (AvgIpc) is 2.60. The minimum atomic E-state index is 0.332. The van der Waals surface area contributed by atoms with E-state index in [1.165, 1.54) is 19.3 Å². The van der Waals surface area contributed by atoms with E-state index in [1.807, 2.05) is 0 Å². The Balaban J connectivity index is 2.32. The largest absolute Gasteiger partial charge is 0.340 e. The lowest BCUT2D eigenvalue weighted by Gasteiger charge is -2.24. The van der Waals surface area contributed by atoms with Crippen LogP contribution in [0.15, 0.2) is 0 Å². The van der Waals surface area contributed by atoms with E-state index in [0.717, 1.165) is 18.7 Å². The SMILES string of the molecule is CCCCCC(C)N1CC(CS)CC1=O. The highest BCUT2D eigenvalue weighted by atomic mass is 32.1. The monoisotopic (exact) mass is 229 g/mol. The van der Waals surface area contributed by atoms with Crippen LogP contribution < -0.4 is 0 Å². The van der Waals surface area contributed by atoms with E-state index in [4.69, 9.17) is 0 Å². The van der Waals surface area contributed by atoms with E-state index in [-0.39, 0.29) is 0 Å². The summed E-state index contributed by atoms with van der Waals surface area (Å²) in [6, 6.07) is 0.425. The Bertz CT molecular complexity index is 208. The van der Waals surface area contributed by atoms with E-state index >= 15 is 0 Å². The predicted octanol–water partition coefficient (Wildman–Crippen LogP) is 2.73. The lowest BCUT2D eigenvalue weighted by atomic mass is 10.1. The first-order valence-corrected chi connectivity index (χ1v) is 6.72. The van der Waals surface area contributed by atoms with Crippen LogP contribution in [-0.4, -0.2) is 29.1 Å². The Labute approximate surface area is 98.8 Å². The van der Waals surface area contributed by atoms with Gasteiger partial charge in [0.15, 0.2) is 0 Å². The van der Waals surface area contributed by atoms with Crippen LogP contribution in [0.4, 0.5) is 0 Å². The molecule has 0 radical (unpaired) electrons. The number of carbonyl (C=O) groups is 1. The summed E-state index contributed by atoms with van der Waals surface area (Å²) in [5.41, 5.74) is 0. The Hall–Kier alpha value is -0.180. The number of thiol groups is 1. The number of carbonyl (C=O) groups excluding carboxylic acids is 1. The molecule has 0 N–H and O–H groups in total. The summed E-state index contributed by atoms with van der Waals surface area (Å²) in [5.74, 6) is 1.65. The van der Waals surface area contributed by atoms with Gasteiger partial charge in [-0.25, -0.2) is 0 Å².